The van der Waals surface area contributed by atoms with Gasteiger partial charge in [-0.3, -0.25) is 4.79 Å². The van der Waals surface area contributed by atoms with Gasteiger partial charge in [-0.15, -0.1) is 12.4 Å². The Morgan fingerprint density at radius 2 is 2.27 bits per heavy atom. The second-order valence-corrected chi connectivity index (χ2v) is 6.80. The van der Waals surface area contributed by atoms with Crippen molar-refractivity contribution in [1.29, 1.82) is 0 Å². The Labute approximate surface area is 136 Å². The third kappa shape index (κ3) is 1.45. The quantitative estimate of drug-likeness (QED) is 0.859. The van der Waals surface area contributed by atoms with Crippen LogP contribution >= 0.6 is 12.4 Å². The predicted molar refractivity (Wildman–Crippen MR) is 84.2 cm³/mol. The molecule has 5 rings (SSSR count). The number of hydrogen-bond acceptors (Lipinski definition) is 4. The highest BCUT2D eigenvalue weighted by Crippen LogP contribution is 2.61. The minimum absolute atomic E-state index is 0. The van der Waals surface area contributed by atoms with Crippen molar-refractivity contribution in [3.8, 4) is 11.5 Å². The first-order valence-electron chi connectivity index (χ1n) is 7.89. The van der Waals surface area contributed by atoms with Crippen molar-refractivity contribution < 1.29 is 14.3 Å². The van der Waals surface area contributed by atoms with Crippen molar-refractivity contribution in [3.63, 3.8) is 0 Å². The van der Waals surface area contributed by atoms with E-state index < -0.39 is 0 Å². The molecule has 1 aromatic carbocycles. The summed E-state index contributed by atoms with van der Waals surface area (Å²) in [6.45, 7) is 0.977. The largest absolute Gasteiger partial charge is 0.493 e. The second kappa shape index (κ2) is 4.62. The van der Waals surface area contributed by atoms with Gasteiger partial charge in [-0.1, -0.05) is 6.07 Å². The number of hydrogen-bond donors (Lipinski definition) is 1. The molecule has 4 aliphatic rings. The van der Waals surface area contributed by atoms with Gasteiger partial charge in [-0.05, 0) is 43.4 Å². The standard InChI is InChI=1S/C17H19NO3.ClH/c1-20-13-5-2-9-8-11-10-3-4-12(19)16-17(10,6-7-18-11)14(9)15(13)21-16;/h2,5,10-11,16,18H,3-4,6-8H2,1H3;1H/t10-,11+,16-,17-;/m0./s1. The van der Waals surface area contributed by atoms with Crippen LogP contribution in [0.3, 0.4) is 0 Å². The lowest BCUT2D eigenvalue weighted by Crippen LogP contribution is -2.65. The Hall–Kier alpha value is -1.26. The van der Waals surface area contributed by atoms with Crippen molar-refractivity contribution in [3.05, 3.63) is 23.3 Å². The van der Waals surface area contributed by atoms with E-state index in [1.54, 1.807) is 7.11 Å². The molecule has 2 bridgehead atoms. The number of halogens is 1. The third-order valence-corrected chi connectivity index (χ3v) is 6.12. The average Bonchev–Trinajstić information content (AvgIpc) is 2.83. The van der Waals surface area contributed by atoms with E-state index in [-0.39, 0.29) is 29.7 Å². The summed E-state index contributed by atoms with van der Waals surface area (Å²) in [5.41, 5.74) is 2.54. The van der Waals surface area contributed by atoms with E-state index in [9.17, 15) is 4.79 Å². The van der Waals surface area contributed by atoms with Gasteiger partial charge in [0.2, 0.25) is 0 Å². The molecule has 22 heavy (non-hydrogen) atoms. The number of methoxy groups -OCH3 is 1. The van der Waals surface area contributed by atoms with Crippen molar-refractivity contribution in [2.75, 3.05) is 13.7 Å². The minimum Gasteiger partial charge on any atom is -0.493 e. The molecular weight excluding hydrogens is 302 g/mol. The first-order valence-corrected chi connectivity index (χ1v) is 7.89. The van der Waals surface area contributed by atoms with Crippen LogP contribution < -0.4 is 14.8 Å². The monoisotopic (exact) mass is 321 g/mol. The molecule has 0 aromatic heterocycles. The number of carbonyl (C=O) groups is 1. The van der Waals surface area contributed by atoms with Crippen LogP contribution in [0.4, 0.5) is 0 Å². The van der Waals surface area contributed by atoms with Crippen molar-refractivity contribution in [2.24, 2.45) is 5.92 Å². The molecular formula is C17H20ClNO3. The molecule has 1 saturated carbocycles. The van der Waals surface area contributed by atoms with Gasteiger partial charge in [0.15, 0.2) is 23.4 Å². The summed E-state index contributed by atoms with van der Waals surface area (Å²) in [4.78, 5) is 12.5. The van der Waals surface area contributed by atoms with Crippen molar-refractivity contribution in [2.45, 2.75) is 43.2 Å². The lowest BCUT2D eigenvalue weighted by Gasteiger charge is -2.54. The Morgan fingerprint density at radius 3 is 3.09 bits per heavy atom. The molecule has 0 unspecified atom stereocenters. The molecule has 1 spiro atoms. The van der Waals surface area contributed by atoms with E-state index in [2.05, 4.69) is 11.4 Å². The molecule has 1 N–H and O–H groups in total. The zero-order chi connectivity index (χ0) is 14.2. The molecule has 0 radical (unpaired) electrons. The van der Waals surface area contributed by atoms with Gasteiger partial charge >= 0.3 is 0 Å². The van der Waals surface area contributed by atoms with E-state index in [4.69, 9.17) is 9.47 Å². The highest BCUT2D eigenvalue weighted by Gasteiger charge is 2.64. The summed E-state index contributed by atoms with van der Waals surface area (Å²) < 4.78 is 11.7. The summed E-state index contributed by atoms with van der Waals surface area (Å²) >= 11 is 0. The maximum atomic E-state index is 12.5. The van der Waals surface area contributed by atoms with Gasteiger partial charge < -0.3 is 14.8 Å². The van der Waals surface area contributed by atoms with Crippen molar-refractivity contribution in [1.82, 2.24) is 5.32 Å². The maximum absolute atomic E-state index is 12.5. The van der Waals surface area contributed by atoms with E-state index in [1.165, 1.54) is 11.1 Å². The highest BCUT2D eigenvalue weighted by molar-refractivity contribution is 5.89. The zero-order valence-corrected chi connectivity index (χ0v) is 13.4. The molecule has 0 amide bonds. The third-order valence-electron chi connectivity index (χ3n) is 6.12. The first-order chi connectivity index (χ1) is 10.3. The fraction of sp³-hybridized carbons (Fsp3) is 0.588. The number of Topliss-reactive ketones (excluding diaryl/α,β-unsaturated/α-hetero) is 1. The molecule has 2 aliphatic carbocycles. The number of ether oxygens (including phenoxy) is 2. The van der Waals surface area contributed by atoms with Gasteiger partial charge in [0, 0.05) is 23.4 Å². The molecule has 4 nitrogen and oxygen atoms in total. The van der Waals surface area contributed by atoms with Crippen LogP contribution in [0.2, 0.25) is 0 Å². The summed E-state index contributed by atoms with van der Waals surface area (Å²) in [6, 6.07) is 4.65. The normalized spacial score (nSPS) is 37.0. The SMILES string of the molecule is COc1ccc2c3c1O[C@H]1C(=O)CC[C@H]4[C@@H](C2)NCC[C@]314.Cl. The second-order valence-electron chi connectivity index (χ2n) is 6.80. The minimum atomic E-state index is -0.286. The maximum Gasteiger partial charge on any atom is 0.174 e. The summed E-state index contributed by atoms with van der Waals surface area (Å²) in [7, 11) is 1.68. The molecule has 5 heteroatoms. The van der Waals surface area contributed by atoms with Gasteiger partial charge in [-0.25, -0.2) is 0 Å². The number of benzene rings is 1. The summed E-state index contributed by atoms with van der Waals surface area (Å²) in [5, 5.41) is 3.67. The van der Waals surface area contributed by atoms with E-state index >= 15 is 0 Å². The van der Waals surface area contributed by atoms with Gasteiger partial charge in [0.05, 0.1) is 7.11 Å². The molecule has 2 heterocycles. The number of rotatable bonds is 1. The fourth-order valence-electron chi connectivity index (χ4n) is 5.40. The molecule has 1 saturated heterocycles. The van der Waals surface area contributed by atoms with Crippen LogP contribution in [0.25, 0.3) is 0 Å². The lowest BCUT2D eigenvalue weighted by molar-refractivity contribution is -0.135. The fourth-order valence-corrected chi connectivity index (χ4v) is 5.40. The molecule has 1 aromatic rings. The van der Waals surface area contributed by atoms with Crippen LogP contribution in [0.1, 0.15) is 30.4 Å². The number of piperidine rings is 1. The number of nitrogens with one attached hydrogen (secondary N) is 1. The molecule has 2 fully saturated rings. The van der Waals surface area contributed by atoms with Crippen LogP contribution in [-0.2, 0) is 16.6 Å². The van der Waals surface area contributed by atoms with Gasteiger partial charge in [-0.2, -0.15) is 0 Å². The van der Waals surface area contributed by atoms with Crippen LogP contribution in [0.5, 0.6) is 11.5 Å². The first kappa shape index (κ1) is 14.3. The Balaban J connectivity index is 0.00000125. The average molecular weight is 322 g/mol. The van der Waals surface area contributed by atoms with Crippen LogP contribution in [0, 0.1) is 5.92 Å². The van der Waals surface area contributed by atoms with Gasteiger partial charge in [0.1, 0.15) is 0 Å². The van der Waals surface area contributed by atoms with Crippen LogP contribution in [-0.4, -0.2) is 31.6 Å². The Morgan fingerprint density at radius 1 is 1.41 bits per heavy atom. The lowest BCUT2D eigenvalue weighted by atomic mass is 9.52. The van der Waals surface area contributed by atoms with E-state index in [1.807, 2.05) is 6.07 Å². The summed E-state index contributed by atoms with van der Waals surface area (Å²) in [6.07, 6.45) is 3.40. The molecule has 4 atom stereocenters. The molecule has 118 valence electrons. The molecule has 2 aliphatic heterocycles. The van der Waals surface area contributed by atoms with E-state index in [0.29, 0.717) is 18.4 Å². The van der Waals surface area contributed by atoms with E-state index in [0.717, 1.165) is 37.3 Å². The Kier molecular flexibility index (Phi) is 3.01. The number of ketones is 1. The smallest absolute Gasteiger partial charge is 0.174 e. The van der Waals surface area contributed by atoms with Gasteiger partial charge in [0.25, 0.3) is 0 Å². The Bertz CT molecular complexity index is 662. The highest BCUT2D eigenvalue weighted by atomic mass is 35.5. The number of carbonyl (C=O) groups excluding carboxylic acids is 1. The van der Waals surface area contributed by atoms with Crippen LogP contribution in [0.15, 0.2) is 12.1 Å². The zero-order valence-electron chi connectivity index (χ0n) is 12.6. The topological polar surface area (TPSA) is 47.6 Å². The predicted octanol–water partition coefficient (Wildman–Crippen LogP) is 2.01. The van der Waals surface area contributed by atoms with Crippen molar-refractivity contribution >= 4 is 18.2 Å². The summed E-state index contributed by atoms with van der Waals surface area (Å²) in [5.74, 6) is 2.43.